The zero-order valence-electron chi connectivity index (χ0n) is 14.2. The van der Waals surface area contributed by atoms with Crippen LogP contribution in [-0.4, -0.2) is 45.0 Å². The van der Waals surface area contributed by atoms with Crippen molar-refractivity contribution in [3.8, 4) is 5.69 Å². The number of aryl methyl sites for hydroxylation is 2. The molecule has 1 aliphatic carbocycles. The molecule has 1 saturated carbocycles. The number of amides is 2. The van der Waals surface area contributed by atoms with Crippen molar-refractivity contribution in [3.05, 3.63) is 47.3 Å². The van der Waals surface area contributed by atoms with Gasteiger partial charge in [-0.05, 0) is 44.4 Å². The third kappa shape index (κ3) is 3.59. The normalized spacial score (nSPS) is 13.8. The van der Waals surface area contributed by atoms with Crippen LogP contribution in [0, 0.1) is 13.8 Å². The van der Waals surface area contributed by atoms with E-state index in [4.69, 9.17) is 5.11 Å². The number of aromatic nitrogens is 2. The molecule has 0 spiro atoms. The first kappa shape index (κ1) is 16.5. The molecule has 6 heteroatoms. The van der Waals surface area contributed by atoms with E-state index in [-0.39, 0.29) is 18.7 Å². The van der Waals surface area contributed by atoms with Gasteiger partial charge in [0, 0.05) is 24.8 Å². The maximum atomic E-state index is 12.4. The van der Waals surface area contributed by atoms with E-state index in [0.29, 0.717) is 13.1 Å². The summed E-state index contributed by atoms with van der Waals surface area (Å²) < 4.78 is 1.91. The molecule has 128 valence electrons. The van der Waals surface area contributed by atoms with E-state index in [0.717, 1.165) is 35.5 Å². The lowest BCUT2D eigenvalue weighted by molar-refractivity contribution is 0.173. The van der Waals surface area contributed by atoms with Gasteiger partial charge in [-0.25, -0.2) is 9.48 Å². The highest BCUT2D eigenvalue weighted by molar-refractivity contribution is 5.75. The third-order valence-electron chi connectivity index (χ3n) is 4.25. The first-order valence-electron chi connectivity index (χ1n) is 8.37. The Morgan fingerprint density at radius 1 is 1.38 bits per heavy atom. The summed E-state index contributed by atoms with van der Waals surface area (Å²) in [5.41, 5.74) is 4.01. The van der Waals surface area contributed by atoms with Crippen LogP contribution >= 0.6 is 0 Å². The molecule has 24 heavy (non-hydrogen) atoms. The number of hydrogen-bond donors (Lipinski definition) is 2. The molecule has 0 atom stereocenters. The maximum Gasteiger partial charge on any atom is 0.317 e. The van der Waals surface area contributed by atoms with Gasteiger partial charge >= 0.3 is 6.03 Å². The molecule has 2 aromatic rings. The van der Waals surface area contributed by atoms with Gasteiger partial charge in [0.2, 0.25) is 0 Å². The number of carbonyl (C=O) groups is 1. The van der Waals surface area contributed by atoms with Crippen molar-refractivity contribution < 1.29 is 9.90 Å². The number of aliphatic hydroxyl groups excluding tert-OH is 1. The number of nitrogens with zero attached hydrogens (tertiary/aromatic N) is 3. The number of benzene rings is 1. The van der Waals surface area contributed by atoms with Crippen molar-refractivity contribution in [1.29, 1.82) is 0 Å². The molecule has 0 aliphatic heterocycles. The number of urea groups is 1. The van der Waals surface area contributed by atoms with Gasteiger partial charge < -0.3 is 15.3 Å². The lowest BCUT2D eigenvalue weighted by Gasteiger charge is -2.22. The van der Waals surface area contributed by atoms with Gasteiger partial charge in [-0.15, -0.1) is 0 Å². The Balaban J connectivity index is 1.74. The molecular formula is C18H24N4O2. The molecule has 1 heterocycles. The van der Waals surface area contributed by atoms with E-state index >= 15 is 0 Å². The molecule has 0 unspecified atom stereocenters. The maximum absolute atomic E-state index is 12.4. The minimum absolute atomic E-state index is 0.00767. The molecule has 0 radical (unpaired) electrons. The third-order valence-corrected chi connectivity index (χ3v) is 4.25. The molecule has 1 aliphatic rings. The van der Waals surface area contributed by atoms with Crippen molar-refractivity contribution in [2.24, 2.45) is 0 Å². The summed E-state index contributed by atoms with van der Waals surface area (Å²) in [7, 11) is 0. The van der Waals surface area contributed by atoms with Gasteiger partial charge in [-0.2, -0.15) is 5.10 Å². The summed E-state index contributed by atoms with van der Waals surface area (Å²) in [5.74, 6) is 0. The predicted molar refractivity (Wildman–Crippen MR) is 92.1 cm³/mol. The van der Waals surface area contributed by atoms with Crippen LogP contribution in [-0.2, 0) is 6.54 Å². The summed E-state index contributed by atoms with van der Waals surface area (Å²) >= 11 is 0. The van der Waals surface area contributed by atoms with E-state index < -0.39 is 0 Å². The second kappa shape index (κ2) is 7.05. The van der Waals surface area contributed by atoms with Crippen LogP contribution in [0.4, 0.5) is 4.79 Å². The summed E-state index contributed by atoms with van der Waals surface area (Å²) in [4.78, 5) is 14.1. The van der Waals surface area contributed by atoms with Crippen molar-refractivity contribution >= 4 is 6.03 Å². The molecule has 1 fully saturated rings. The molecular weight excluding hydrogens is 304 g/mol. The number of rotatable bonds is 6. The van der Waals surface area contributed by atoms with E-state index in [9.17, 15) is 4.79 Å². The summed E-state index contributed by atoms with van der Waals surface area (Å²) in [6, 6.07) is 10.1. The largest absolute Gasteiger partial charge is 0.395 e. The Kier molecular flexibility index (Phi) is 4.85. The van der Waals surface area contributed by atoms with E-state index in [1.165, 1.54) is 0 Å². The van der Waals surface area contributed by atoms with Crippen LogP contribution in [0.25, 0.3) is 5.69 Å². The molecule has 0 saturated heterocycles. The summed E-state index contributed by atoms with van der Waals surface area (Å²) in [6.07, 6.45) is 2.05. The fraction of sp³-hybridized carbons (Fsp3) is 0.444. The number of hydrogen-bond acceptors (Lipinski definition) is 3. The van der Waals surface area contributed by atoms with E-state index in [2.05, 4.69) is 10.4 Å². The summed E-state index contributed by atoms with van der Waals surface area (Å²) in [6.45, 7) is 4.80. The van der Waals surface area contributed by atoms with Crippen molar-refractivity contribution in [3.63, 3.8) is 0 Å². The zero-order chi connectivity index (χ0) is 17.1. The van der Waals surface area contributed by atoms with Crippen molar-refractivity contribution in [2.75, 3.05) is 13.2 Å². The second-order valence-electron chi connectivity index (χ2n) is 6.27. The lowest BCUT2D eigenvalue weighted by atomic mass is 10.1. The SMILES string of the molecule is Cc1cc(C)n(-c2ccccc2CNC(=O)N(CCO)C2CC2)n1. The number of nitrogens with one attached hydrogen (secondary N) is 1. The van der Waals surface area contributed by atoms with Crippen LogP contribution in [0.1, 0.15) is 29.8 Å². The van der Waals surface area contributed by atoms with Crippen molar-refractivity contribution in [2.45, 2.75) is 39.3 Å². The predicted octanol–water partition coefficient (Wildman–Crippen LogP) is 2.16. The molecule has 6 nitrogen and oxygen atoms in total. The molecule has 0 bridgehead atoms. The Morgan fingerprint density at radius 2 is 2.12 bits per heavy atom. The molecule has 1 aromatic heterocycles. The highest BCUT2D eigenvalue weighted by atomic mass is 16.3. The van der Waals surface area contributed by atoms with Crippen LogP contribution in [0.2, 0.25) is 0 Å². The van der Waals surface area contributed by atoms with Gasteiger partial charge in [-0.1, -0.05) is 18.2 Å². The molecule has 3 rings (SSSR count). The van der Waals surface area contributed by atoms with Gasteiger partial charge in [0.05, 0.1) is 18.0 Å². The van der Waals surface area contributed by atoms with Crippen LogP contribution < -0.4 is 5.32 Å². The van der Waals surface area contributed by atoms with Crippen LogP contribution in [0.5, 0.6) is 0 Å². The van der Waals surface area contributed by atoms with E-state index in [1.807, 2.05) is 48.9 Å². The highest BCUT2D eigenvalue weighted by Gasteiger charge is 2.32. The topological polar surface area (TPSA) is 70.4 Å². The standard InChI is InChI=1S/C18H24N4O2/c1-13-11-14(2)22(20-13)17-6-4-3-5-15(17)12-19-18(24)21(9-10-23)16-7-8-16/h3-6,11,16,23H,7-10,12H2,1-2H3,(H,19,24). The Labute approximate surface area is 142 Å². The Morgan fingerprint density at radius 3 is 2.75 bits per heavy atom. The highest BCUT2D eigenvalue weighted by Crippen LogP contribution is 2.26. The molecule has 2 amide bonds. The molecule has 1 aromatic carbocycles. The number of carbonyl (C=O) groups excluding carboxylic acids is 1. The smallest absolute Gasteiger partial charge is 0.317 e. The fourth-order valence-corrected chi connectivity index (χ4v) is 2.96. The quantitative estimate of drug-likeness (QED) is 0.854. The minimum Gasteiger partial charge on any atom is -0.395 e. The summed E-state index contributed by atoms with van der Waals surface area (Å²) in [5, 5.41) is 16.6. The van der Waals surface area contributed by atoms with Crippen LogP contribution in [0.15, 0.2) is 30.3 Å². The van der Waals surface area contributed by atoms with Crippen molar-refractivity contribution in [1.82, 2.24) is 20.0 Å². The minimum atomic E-state index is -0.116. The first-order valence-corrected chi connectivity index (χ1v) is 8.37. The number of aliphatic hydroxyl groups is 1. The van der Waals surface area contributed by atoms with Gasteiger partial charge in [-0.3, -0.25) is 0 Å². The monoisotopic (exact) mass is 328 g/mol. The number of para-hydroxylation sites is 1. The average Bonchev–Trinajstić information content (AvgIpc) is 3.35. The second-order valence-corrected chi connectivity index (χ2v) is 6.27. The first-order chi connectivity index (χ1) is 11.6. The zero-order valence-corrected chi connectivity index (χ0v) is 14.2. The van der Waals surface area contributed by atoms with Gasteiger partial charge in [0.1, 0.15) is 0 Å². The average molecular weight is 328 g/mol. The Hall–Kier alpha value is -2.34. The Bertz CT molecular complexity index is 722. The van der Waals surface area contributed by atoms with Gasteiger partial charge in [0.25, 0.3) is 0 Å². The molecule has 2 N–H and O–H groups in total. The van der Waals surface area contributed by atoms with Gasteiger partial charge in [0.15, 0.2) is 0 Å². The fourth-order valence-electron chi connectivity index (χ4n) is 2.96. The lowest BCUT2D eigenvalue weighted by Crippen LogP contribution is -2.42. The van der Waals surface area contributed by atoms with E-state index in [1.54, 1.807) is 4.90 Å². The van der Waals surface area contributed by atoms with Crippen LogP contribution in [0.3, 0.4) is 0 Å².